The average Bonchev–Trinajstić information content (AvgIpc) is 2.63. The third kappa shape index (κ3) is 7.41. The van der Waals surface area contributed by atoms with E-state index in [2.05, 4.69) is 4.99 Å². The highest BCUT2D eigenvalue weighted by Gasteiger charge is 2.29. The SMILES string of the molecule is COC(C)OC(C)[N+]1(C)C=CN=C1.F[B-](F)(F)F. The molecule has 1 heterocycles. The largest absolute Gasteiger partial charge is 0.673 e. The van der Waals surface area contributed by atoms with Crippen LogP contribution in [0.3, 0.4) is 0 Å². The van der Waals surface area contributed by atoms with E-state index in [4.69, 9.17) is 9.47 Å². The summed E-state index contributed by atoms with van der Waals surface area (Å²) >= 11 is 0. The smallest absolute Gasteiger partial charge is 0.418 e. The van der Waals surface area contributed by atoms with Gasteiger partial charge in [0, 0.05) is 14.0 Å². The molecule has 1 aliphatic heterocycles. The van der Waals surface area contributed by atoms with Crippen molar-refractivity contribution in [1.29, 1.82) is 0 Å². The van der Waals surface area contributed by atoms with Gasteiger partial charge in [0.1, 0.15) is 6.20 Å². The van der Waals surface area contributed by atoms with Crippen molar-refractivity contribution in [1.82, 2.24) is 0 Å². The van der Waals surface area contributed by atoms with Crippen LogP contribution in [0.4, 0.5) is 17.3 Å². The standard InChI is InChI=1S/C9H17N2O2.BF4/c1-8(13-9(2)12-4)11(3)6-5-10-7-11;2-1(3,4)5/h5-9H,1-4H3;/q+1;-1. The molecule has 1 rings (SSSR count). The number of ether oxygens (including phenoxy) is 2. The van der Waals surface area contributed by atoms with Gasteiger partial charge >= 0.3 is 7.25 Å². The molecule has 0 aromatic carbocycles. The van der Waals surface area contributed by atoms with Crippen LogP contribution in [0.5, 0.6) is 0 Å². The number of nitrogens with zero attached hydrogens (tertiary/aromatic N) is 2. The molecule has 0 amide bonds. The van der Waals surface area contributed by atoms with E-state index in [0.717, 1.165) is 0 Å². The molecule has 0 spiro atoms. The molecule has 9 heteroatoms. The molecular weight excluding hydrogens is 255 g/mol. The number of methoxy groups -OCH3 is 1. The first kappa shape index (κ1) is 17.1. The van der Waals surface area contributed by atoms with E-state index >= 15 is 0 Å². The first-order valence-corrected chi connectivity index (χ1v) is 5.21. The minimum atomic E-state index is -6.00. The molecule has 0 bridgehead atoms. The predicted molar refractivity (Wildman–Crippen MR) is 61.0 cm³/mol. The topological polar surface area (TPSA) is 30.8 Å². The zero-order valence-electron chi connectivity index (χ0n) is 10.7. The molecule has 0 aromatic rings. The van der Waals surface area contributed by atoms with Crippen LogP contribution in [-0.4, -0.2) is 44.8 Å². The molecule has 0 N–H and O–H groups in total. The number of quaternary nitrogens is 1. The van der Waals surface area contributed by atoms with Crippen molar-refractivity contribution < 1.29 is 31.2 Å². The van der Waals surface area contributed by atoms with Crippen molar-refractivity contribution in [2.45, 2.75) is 26.4 Å². The van der Waals surface area contributed by atoms with Gasteiger partial charge in [0.05, 0.1) is 13.2 Å². The van der Waals surface area contributed by atoms with Gasteiger partial charge in [0.2, 0.25) is 6.23 Å². The lowest BCUT2D eigenvalue weighted by molar-refractivity contribution is -0.816. The quantitative estimate of drug-likeness (QED) is 0.341. The lowest BCUT2D eigenvalue weighted by atomic mass is 10.3. The normalized spacial score (nSPS) is 25.6. The number of hydrogen-bond donors (Lipinski definition) is 0. The van der Waals surface area contributed by atoms with Gasteiger partial charge in [-0.05, 0) is 6.92 Å². The average molecular weight is 272 g/mol. The highest BCUT2D eigenvalue weighted by molar-refractivity contribution is 6.50. The summed E-state index contributed by atoms with van der Waals surface area (Å²) in [4.78, 5) is 4.04. The molecule has 3 unspecified atom stereocenters. The molecule has 0 saturated heterocycles. The maximum Gasteiger partial charge on any atom is 0.673 e. The molecule has 0 radical (unpaired) electrons. The van der Waals surface area contributed by atoms with Crippen molar-refractivity contribution in [2.75, 3.05) is 14.2 Å². The van der Waals surface area contributed by atoms with Crippen LogP contribution in [-0.2, 0) is 9.47 Å². The van der Waals surface area contributed by atoms with Crippen molar-refractivity contribution >= 4 is 13.6 Å². The monoisotopic (exact) mass is 272 g/mol. The van der Waals surface area contributed by atoms with Crippen molar-refractivity contribution in [3.8, 4) is 0 Å². The summed E-state index contributed by atoms with van der Waals surface area (Å²) < 4.78 is 50.2. The van der Waals surface area contributed by atoms with Gasteiger partial charge in [-0.1, -0.05) is 0 Å². The molecule has 0 fully saturated rings. The van der Waals surface area contributed by atoms with Gasteiger partial charge < -0.3 is 22.0 Å². The Morgan fingerprint density at radius 2 is 1.72 bits per heavy atom. The van der Waals surface area contributed by atoms with Gasteiger partial charge in [-0.25, -0.2) is 9.48 Å². The van der Waals surface area contributed by atoms with Gasteiger partial charge in [0.25, 0.3) is 0 Å². The number of hydrogen-bond acceptors (Lipinski definition) is 3. The van der Waals surface area contributed by atoms with Crippen LogP contribution < -0.4 is 0 Å². The van der Waals surface area contributed by atoms with Gasteiger partial charge in [-0.3, -0.25) is 4.74 Å². The van der Waals surface area contributed by atoms with Crippen molar-refractivity contribution in [2.24, 2.45) is 4.99 Å². The van der Waals surface area contributed by atoms with Crippen molar-refractivity contribution in [3.63, 3.8) is 0 Å². The summed E-state index contributed by atoms with van der Waals surface area (Å²) in [5.41, 5.74) is 0. The Morgan fingerprint density at radius 3 is 2.06 bits per heavy atom. The maximum absolute atomic E-state index is 9.75. The van der Waals surface area contributed by atoms with Crippen LogP contribution >= 0.6 is 0 Å². The number of aliphatic imine (C=N–C) groups is 1. The van der Waals surface area contributed by atoms with E-state index in [1.54, 1.807) is 13.3 Å². The summed E-state index contributed by atoms with van der Waals surface area (Å²) in [6.45, 7) is 3.87. The highest BCUT2D eigenvalue weighted by atomic mass is 19.5. The van der Waals surface area contributed by atoms with Crippen LogP contribution in [0.15, 0.2) is 17.4 Å². The Labute approximate surface area is 104 Å². The van der Waals surface area contributed by atoms with Gasteiger partial charge in [-0.2, -0.15) is 0 Å². The molecule has 106 valence electrons. The van der Waals surface area contributed by atoms with Crippen LogP contribution in [0.1, 0.15) is 13.8 Å². The molecule has 0 saturated carbocycles. The molecule has 1 aliphatic rings. The van der Waals surface area contributed by atoms with E-state index in [1.807, 2.05) is 33.4 Å². The Kier molecular flexibility index (Phi) is 6.51. The van der Waals surface area contributed by atoms with E-state index < -0.39 is 7.25 Å². The fourth-order valence-corrected chi connectivity index (χ4v) is 1.08. The minimum absolute atomic E-state index is 0.0115. The van der Waals surface area contributed by atoms with E-state index in [0.29, 0.717) is 4.48 Å². The molecule has 0 aromatic heterocycles. The van der Waals surface area contributed by atoms with Gasteiger partial charge in [-0.15, -0.1) is 0 Å². The molecule has 4 nitrogen and oxygen atoms in total. The van der Waals surface area contributed by atoms with E-state index in [-0.39, 0.29) is 12.5 Å². The number of halogens is 4. The Hall–Kier alpha value is -0.925. The van der Waals surface area contributed by atoms with E-state index in [9.17, 15) is 17.3 Å². The summed E-state index contributed by atoms with van der Waals surface area (Å²) in [5, 5.41) is 0. The summed E-state index contributed by atoms with van der Waals surface area (Å²) in [6, 6.07) is 0. The second kappa shape index (κ2) is 6.86. The lowest BCUT2D eigenvalue weighted by Gasteiger charge is -2.30. The predicted octanol–water partition coefficient (Wildman–Crippen LogP) is 2.60. The third-order valence-corrected chi connectivity index (χ3v) is 2.29. The molecular formula is C9H17BF4N2O2. The minimum Gasteiger partial charge on any atom is -0.418 e. The zero-order chi connectivity index (χ0) is 14.4. The maximum atomic E-state index is 9.75. The summed E-state index contributed by atoms with van der Waals surface area (Å²) in [7, 11) is -2.34. The molecule has 0 aliphatic carbocycles. The first-order valence-electron chi connectivity index (χ1n) is 5.21. The lowest BCUT2D eigenvalue weighted by Crippen LogP contribution is -2.46. The first-order chi connectivity index (χ1) is 8.08. The zero-order valence-corrected chi connectivity index (χ0v) is 10.7. The summed E-state index contributed by atoms with van der Waals surface area (Å²) in [5.74, 6) is 0. The highest BCUT2D eigenvalue weighted by Crippen LogP contribution is 2.15. The summed E-state index contributed by atoms with van der Waals surface area (Å²) in [6.07, 6.45) is 5.42. The van der Waals surface area contributed by atoms with Crippen LogP contribution in [0.25, 0.3) is 0 Å². The van der Waals surface area contributed by atoms with Crippen LogP contribution in [0.2, 0.25) is 0 Å². The molecule has 3 atom stereocenters. The Morgan fingerprint density at radius 1 is 1.22 bits per heavy atom. The fourth-order valence-electron chi connectivity index (χ4n) is 1.08. The fraction of sp³-hybridized carbons (Fsp3) is 0.667. The van der Waals surface area contributed by atoms with E-state index in [1.165, 1.54) is 0 Å². The van der Waals surface area contributed by atoms with Crippen molar-refractivity contribution in [3.05, 3.63) is 12.4 Å². The second-order valence-electron chi connectivity index (χ2n) is 3.82. The van der Waals surface area contributed by atoms with Crippen LogP contribution in [0, 0.1) is 0 Å². The molecule has 18 heavy (non-hydrogen) atoms. The Bertz CT molecular complexity index is 291. The van der Waals surface area contributed by atoms with Gasteiger partial charge in [0.15, 0.2) is 12.6 Å². The number of rotatable bonds is 4. The third-order valence-electron chi connectivity index (χ3n) is 2.29. The Balaban J connectivity index is 0.000000494. The second-order valence-corrected chi connectivity index (χ2v) is 3.82.